The van der Waals surface area contributed by atoms with Crippen molar-refractivity contribution in [2.45, 2.75) is 31.1 Å². The number of amides is 2. The predicted molar refractivity (Wildman–Crippen MR) is 74.3 cm³/mol. The van der Waals surface area contributed by atoms with Gasteiger partial charge in [-0.25, -0.2) is 4.79 Å². The second-order valence-corrected chi connectivity index (χ2v) is 5.42. The number of rotatable bonds is 4. The van der Waals surface area contributed by atoms with Gasteiger partial charge in [-0.2, -0.15) is 12.6 Å². The minimum absolute atomic E-state index is 0.0744. The molecule has 1 rings (SSSR count). The van der Waals surface area contributed by atoms with E-state index >= 15 is 0 Å². The van der Waals surface area contributed by atoms with E-state index in [-0.39, 0.29) is 17.6 Å². The largest absolute Gasteiger partial charge is 0.428 e. The molecular weight excluding hydrogens is 284 g/mol. The van der Waals surface area contributed by atoms with Crippen molar-refractivity contribution in [3.8, 4) is 0 Å². The van der Waals surface area contributed by atoms with Crippen molar-refractivity contribution in [3.63, 3.8) is 0 Å². The summed E-state index contributed by atoms with van der Waals surface area (Å²) >= 11 is 4.30. The number of carbonyl (C=O) groups is 3. The van der Waals surface area contributed by atoms with Crippen molar-refractivity contribution in [1.29, 1.82) is 0 Å². The number of likely N-dealkylation sites (tertiary alicyclic amines) is 1. The third-order valence-corrected chi connectivity index (χ3v) is 3.30. The van der Waals surface area contributed by atoms with Crippen LogP contribution in [0.4, 0.5) is 4.79 Å². The Morgan fingerprint density at radius 1 is 1.30 bits per heavy atom. The van der Waals surface area contributed by atoms with E-state index in [9.17, 15) is 14.4 Å². The van der Waals surface area contributed by atoms with Crippen LogP contribution in [0.3, 0.4) is 0 Å². The molecule has 8 heteroatoms. The maximum absolute atomic E-state index is 12.0. The van der Waals surface area contributed by atoms with E-state index in [2.05, 4.69) is 17.4 Å². The molecule has 0 unspecified atom stereocenters. The lowest BCUT2D eigenvalue weighted by Crippen LogP contribution is -2.45. The van der Waals surface area contributed by atoms with Gasteiger partial charge in [-0.05, 0) is 6.42 Å². The van der Waals surface area contributed by atoms with Crippen molar-refractivity contribution in [3.05, 3.63) is 0 Å². The summed E-state index contributed by atoms with van der Waals surface area (Å²) in [7, 11) is 3.25. The molecule has 1 fully saturated rings. The van der Waals surface area contributed by atoms with Gasteiger partial charge in [-0.15, -0.1) is 0 Å². The normalized spacial score (nSPS) is 21.5. The maximum atomic E-state index is 12.0. The van der Waals surface area contributed by atoms with E-state index in [1.807, 2.05) is 0 Å². The molecule has 0 aromatic rings. The van der Waals surface area contributed by atoms with Gasteiger partial charge in [0.2, 0.25) is 12.7 Å². The minimum Gasteiger partial charge on any atom is -0.428 e. The van der Waals surface area contributed by atoms with Gasteiger partial charge in [0, 0.05) is 32.3 Å². The van der Waals surface area contributed by atoms with Crippen LogP contribution >= 0.6 is 12.6 Å². The van der Waals surface area contributed by atoms with Gasteiger partial charge in [0.05, 0.1) is 0 Å². The Bertz CT molecular complexity index is 388. The zero-order valence-electron chi connectivity index (χ0n) is 11.9. The van der Waals surface area contributed by atoms with Crippen molar-refractivity contribution >= 4 is 30.6 Å². The van der Waals surface area contributed by atoms with Crippen LogP contribution in [-0.2, 0) is 19.1 Å². The third kappa shape index (κ3) is 4.29. The molecule has 0 aromatic carbocycles. The summed E-state index contributed by atoms with van der Waals surface area (Å²) in [5, 5.41) is -0.0744. The summed E-state index contributed by atoms with van der Waals surface area (Å²) in [5.74, 6) is -0.628. The first kappa shape index (κ1) is 16.6. The number of thiol groups is 1. The Balaban J connectivity index is 2.56. The number of esters is 1. The van der Waals surface area contributed by atoms with Crippen LogP contribution in [0.25, 0.3) is 0 Å². The molecule has 0 bridgehead atoms. The maximum Gasteiger partial charge on any atom is 0.413 e. The van der Waals surface area contributed by atoms with E-state index in [1.165, 1.54) is 9.80 Å². The second kappa shape index (κ2) is 7.37. The molecule has 1 aliphatic heterocycles. The molecule has 1 heterocycles. The summed E-state index contributed by atoms with van der Waals surface area (Å²) in [6.45, 7) is 1.53. The molecule has 2 atom stereocenters. The van der Waals surface area contributed by atoms with Gasteiger partial charge >= 0.3 is 12.1 Å². The van der Waals surface area contributed by atoms with Crippen molar-refractivity contribution < 1.29 is 23.9 Å². The molecule has 20 heavy (non-hydrogen) atoms. The van der Waals surface area contributed by atoms with Gasteiger partial charge in [-0.3, -0.25) is 14.5 Å². The number of hydrogen-bond donors (Lipinski definition) is 1. The summed E-state index contributed by atoms with van der Waals surface area (Å²) in [6.07, 6.45) is 0.0109. The first-order chi connectivity index (χ1) is 9.36. The lowest BCUT2D eigenvalue weighted by atomic mass is 10.2. The summed E-state index contributed by atoms with van der Waals surface area (Å²) in [5.41, 5.74) is 0. The molecule has 1 saturated heterocycles. The third-order valence-electron chi connectivity index (χ3n) is 2.93. The number of nitrogens with zero attached hydrogens (tertiary/aromatic N) is 2. The van der Waals surface area contributed by atoms with Gasteiger partial charge in [0.15, 0.2) is 0 Å². The Labute approximate surface area is 123 Å². The van der Waals surface area contributed by atoms with Gasteiger partial charge in [0.25, 0.3) is 0 Å². The lowest BCUT2D eigenvalue weighted by Gasteiger charge is -2.25. The Morgan fingerprint density at radius 2 is 1.95 bits per heavy atom. The van der Waals surface area contributed by atoms with E-state index < -0.39 is 24.9 Å². The van der Waals surface area contributed by atoms with Gasteiger partial charge in [-0.1, -0.05) is 6.92 Å². The summed E-state index contributed by atoms with van der Waals surface area (Å²) < 4.78 is 9.51. The number of carbonyl (C=O) groups excluding carboxylic acids is 3. The zero-order chi connectivity index (χ0) is 15.3. The van der Waals surface area contributed by atoms with Crippen LogP contribution in [0, 0.1) is 0 Å². The quantitative estimate of drug-likeness (QED) is 0.465. The fourth-order valence-electron chi connectivity index (χ4n) is 1.88. The molecule has 2 amide bonds. The highest BCUT2D eigenvalue weighted by atomic mass is 32.1. The van der Waals surface area contributed by atoms with Gasteiger partial charge < -0.3 is 14.4 Å². The molecule has 0 aromatic heterocycles. The molecule has 0 N–H and O–H groups in total. The standard InChI is InChI=1S/C12H20N2O5S/c1-4-10(15)18-7-19-12(17)14-6-8(20)5-9(14)11(16)13(2)3/h8-9,20H,4-7H2,1-3H3/t8-,9-/m0/s1. The summed E-state index contributed by atoms with van der Waals surface area (Å²) in [4.78, 5) is 37.6. The second-order valence-electron chi connectivity index (χ2n) is 4.69. The first-order valence-corrected chi connectivity index (χ1v) is 6.86. The SMILES string of the molecule is CCC(=O)OCOC(=O)N1C[C@@H](S)C[C@H]1C(=O)N(C)C. The summed E-state index contributed by atoms with van der Waals surface area (Å²) in [6, 6.07) is -0.582. The molecule has 1 aliphatic rings. The zero-order valence-corrected chi connectivity index (χ0v) is 12.8. The van der Waals surface area contributed by atoms with Crippen LogP contribution in [-0.4, -0.2) is 66.5 Å². The molecular formula is C12H20N2O5S. The average molecular weight is 304 g/mol. The molecule has 0 saturated carbocycles. The van der Waals surface area contributed by atoms with Crippen molar-refractivity contribution in [2.75, 3.05) is 27.4 Å². The Hall–Kier alpha value is -1.44. The fourth-order valence-corrected chi connectivity index (χ4v) is 2.25. The highest BCUT2D eigenvalue weighted by Crippen LogP contribution is 2.23. The van der Waals surface area contributed by atoms with Crippen LogP contribution in [0.1, 0.15) is 19.8 Å². The first-order valence-electron chi connectivity index (χ1n) is 6.35. The lowest BCUT2D eigenvalue weighted by molar-refractivity contribution is -0.152. The van der Waals surface area contributed by atoms with Crippen LogP contribution in [0.2, 0.25) is 0 Å². The molecule has 114 valence electrons. The van der Waals surface area contributed by atoms with Crippen molar-refractivity contribution in [1.82, 2.24) is 9.80 Å². The van der Waals surface area contributed by atoms with Crippen molar-refractivity contribution in [2.24, 2.45) is 0 Å². The number of ether oxygens (including phenoxy) is 2. The highest BCUT2D eigenvalue weighted by Gasteiger charge is 2.39. The van der Waals surface area contributed by atoms with Crippen LogP contribution < -0.4 is 0 Å². The topological polar surface area (TPSA) is 76.1 Å². The van der Waals surface area contributed by atoms with Crippen LogP contribution in [0.15, 0.2) is 0 Å². The van der Waals surface area contributed by atoms with E-state index in [1.54, 1.807) is 21.0 Å². The molecule has 0 aliphatic carbocycles. The fraction of sp³-hybridized carbons (Fsp3) is 0.750. The molecule has 0 radical (unpaired) electrons. The molecule has 0 spiro atoms. The van der Waals surface area contributed by atoms with Crippen LogP contribution in [0.5, 0.6) is 0 Å². The Morgan fingerprint density at radius 3 is 2.50 bits per heavy atom. The minimum atomic E-state index is -0.675. The predicted octanol–water partition coefficient (Wildman–Crippen LogP) is 0.495. The average Bonchev–Trinajstić information content (AvgIpc) is 2.79. The van der Waals surface area contributed by atoms with E-state index in [4.69, 9.17) is 4.74 Å². The Kier molecular flexibility index (Phi) is 6.12. The smallest absolute Gasteiger partial charge is 0.413 e. The number of hydrogen-bond acceptors (Lipinski definition) is 6. The number of likely N-dealkylation sites (N-methyl/N-ethyl adjacent to an activating group) is 1. The van der Waals surface area contributed by atoms with E-state index in [0.717, 1.165) is 0 Å². The molecule has 7 nitrogen and oxygen atoms in total. The monoisotopic (exact) mass is 304 g/mol. The highest BCUT2D eigenvalue weighted by molar-refractivity contribution is 7.81. The van der Waals surface area contributed by atoms with Gasteiger partial charge in [0.1, 0.15) is 6.04 Å². The van der Waals surface area contributed by atoms with E-state index in [0.29, 0.717) is 13.0 Å².